The molecule has 0 aromatic carbocycles. The van der Waals surface area contributed by atoms with Crippen molar-refractivity contribution in [3.8, 4) is 0 Å². The number of hydrogen-bond acceptors (Lipinski definition) is 3. The average Bonchev–Trinajstić information content (AvgIpc) is 1.81. The van der Waals surface area contributed by atoms with Crippen molar-refractivity contribution >= 4 is 28.9 Å². The van der Waals surface area contributed by atoms with Crippen LogP contribution < -0.4 is 17.2 Å². The lowest BCUT2D eigenvalue weighted by Gasteiger charge is -2.10. The molecule has 0 rings (SSSR count). The maximum atomic E-state index is 10.4. The SMILES string of the molecule is N=C(N)C(CC(N)=O)C(N)=S. The number of carbonyl (C=O) groups is 1. The van der Waals surface area contributed by atoms with Gasteiger partial charge in [-0.05, 0) is 0 Å². The second-order valence-corrected chi connectivity index (χ2v) is 2.55. The highest BCUT2D eigenvalue weighted by molar-refractivity contribution is 7.80. The first-order valence-corrected chi connectivity index (χ1v) is 3.27. The summed E-state index contributed by atoms with van der Waals surface area (Å²) in [6, 6.07) is 0. The summed E-state index contributed by atoms with van der Waals surface area (Å²) in [5.41, 5.74) is 15.1. The standard InChI is InChI=1S/C5H10N4OS/c6-3(10)1-2(4(7)8)5(9)11/h2H,1H2,(H2,6,10)(H3,7,8)(H2,9,11). The van der Waals surface area contributed by atoms with Gasteiger partial charge in [0.05, 0.1) is 10.9 Å². The lowest BCUT2D eigenvalue weighted by Crippen LogP contribution is -2.36. The summed E-state index contributed by atoms with van der Waals surface area (Å²) in [6.45, 7) is 0. The smallest absolute Gasteiger partial charge is 0.218 e. The molecule has 0 saturated heterocycles. The van der Waals surface area contributed by atoms with Crippen LogP contribution >= 0.6 is 12.2 Å². The summed E-state index contributed by atoms with van der Waals surface area (Å²) in [4.78, 5) is 10.4. The topological polar surface area (TPSA) is 119 Å². The molecule has 11 heavy (non-hydrogen) atoms. The summed E-state index contributed by atoms with van der Waals surface area (Å²) < 4.78 is 0. The minimum Gasteiger partial charge on any atom is -0.393 e. The second-order valence-electron chi connectivity index (χ2n) is 2.08. The first-order valence-electron chi connectivity index (χ1n) is 2.86. The van der Waals surface area contributed by atoms with Crippen molar-refractivity contribution in [2.24, 2.45) is 23.1 Å². The fourth-order valence-corrected chi connectivity index (χ4v) is 0.775. The lowest BCUT2D eigenvalue weighted by atomic mass is 10.0. The predicted molar refractivity (Wildman–Crippen MR) is 46.0 cm³/mol. The Kier molecular flexibility index (Phi) is 3.46. The van der Waals surface area contributed by atoms with Crippen molar-refractivity contribution in [3.05, 3.63) is 0 Å². The number of hydrogen-bond donors (Lipinski definition) is 4. The molecule has 0 spiro atoms. The molecule has 0 aliphatic heterocycles. The fourth-order valence-electron chi connectivity index (χ4n) is 0.565. The number of rotatable bonds is 4. The molecule has 6 heteroatoms. The van der Waals surface area contributed by atoms with Crippen LogP contribution in [0, 0.1) is 11.3 Å². The molecule has 1 unspecified atom stereocenters. The molecule has 0 saturated carbocycles. The number of amides is 1. The van der Waals surface area contributed by atoms with Crippen LogP contribution in [-0.2, 0) is 4.79 Å². The van der Waals surface area contributed by atoms with E-state index >= 15 is 0 Å². The molecule has 5 nitrogen and oxygen atoms in total. The fraction of sp³-hybridized carbons (Fsp3) is 0.400. The van der Waals surface area contributed by atoms with Crippen molar-refractivity contribution in [1.82, 2.24) is 0 Å². The van der Waals surface area contributed by atoms with Gasteiger partial charge in [-0.2, -0.15) is 0 Å². The zero-order valence-electron chi connectivity index (χ0n) is 5.83. The van der Waals surface area contributed by atoms with Crippen molar-refractivity contribution in [3.63, 3.8) is 0 Å². The van der Waals surface area contributed by atoms with Gasteiger partial charge in [0.25, 0.3) is 0 Å². The van der Waals surface area contributed by atoms with Gasteiger partial charge in [0.15, 0.2) is 0 Å². The number of thiocarbonyl (C=S) groups is 1. The number of nitrogens with two attached hydrogens (primary N) is 3. The first-order chi connectivity index (χ1) is 4.95. The zero-order valence-corrected chi connectivity index (χ0v) is 6.65. The monoisotopic (exact) mass is 174 g/mol. The summed E-state index contributed by atoms with van der Waals surface area (Å²) >= 11 is 4.56. The van der Waals surface area contributed by atoms with E-state index < -0.39 is 11.8 Å². The van der Waals surface area contributed by atoms with Gasteiger partial charge in [-0.25, -0.2) is 0 Å². The van der Waals surface area contributed by atoms with Crippen molar-refractivity contribution < 1.29 is 4.79 Å². The maximum Gasteiger partial charge on any atom is 0.218 e. The third kappa shape index (κ3) is 3.51. The largest absolute Gasteiger partial charge is 0.393 e. The molecule has 0 aliphatic rings. The van der Waals surface area contributed by atoms with Crippen LogP contribution in [0.2, 0.25) is 0 Å². The van der Waals surface area contributed by atoms with Crippen molar-refractivity contribution in [2.45, 2.75) is 6.42 Å². The number of nitrogens with one attached hydrogen (secondary N) is 1. The predicted octanol–water partition coefficient (Wildman–Crippen LogP) is -1.30. The van der Waals surface area contributed by atoms with E-state index in [2.05, 4.69) is 12.2 Å². The minimum absolute atomic E-state index is 0.0244. The third-order valence-corrected chi connectivity index (χ3v) is 1.41. The Balaban J connectivity index is 4.23. The molecule has 7 N–H and O–H groups in total. The van der Waals surface area contributed by atoms with E-state index in [1.807, 2.05) is 0 Å². The third-order valence-electron chi connectivity index (χ3n) is 1.12. The van der Waals surface area contributed by atoms with Crippen LogP contribution in [-0.4, -0.2) is 16.7 Å². The Labute approximate surface area is 69.4 Å². The first kappa shape index (κ1) is 9.83. The van der Waals surface area contributed by atoms with E-state index in [9.17, 15) is 4.79 Å². The van der Waals surface area contributed by atoms with Crippen molar-refractivity contribution in [2.75, 3.05) is 0 Å². The molecule has 0 radical (unpaired) electrons. The summed E-state index contributed by atoms with van der Waals surface area (Å²) in [5.74, 6) is -1.49. The molecule has 0 heterocycles. The maximum absolute atomic E-state index is 10.4. The molecule has 0 aliphatic carbocycles. The quantitative estimate of drug-likeness (QED) is 0.240. The van der Waals surface area contributed by atoms with Crippen LogP contribution in [0.1, 0.15) is 6.42 Å². The van der Waals surface area contributed by atoms with Crippen LogP contribution in [0.4, 0.5) is 0 Å². The number of amidine groups is 1. The second kappa shape index (κ2) is 3.87. The molecular weight excluding hydrogens is 164 g/mol. The number of primary amides is 1. The van der Waals surface area contributed by atoms with Gasteiger partial charge >= 0.3 is 0 Å². The van der Waals surface area contributed by atoms with Crippen LogP contribution in [0.3, 0.4) is 0 Å². The van der Waals surface area contributed by atoms with Gasteiger partial charge in [-0.3, -0.25) is 10.2 Å². The van der Waals surface area contributed by atoms with E-state index in [1.165, 1.54) is 0 Å². The van der Waals surface area contributed by atoms with E-state index in [4.69, 9.17) is 22.6 Å². The van der Waals surface area contributed by atoms with E-state index in [0.29, 0.717) is 0 Å². The lowest BCUT2D eigenvalue weighted by molar-refractivity contribution is -0.118. The Bertz CT molecular complexity index is 189. The molecule has 0 aromatic rings. The van der Waals surface area contributed by atoms with Crippen LogP contribution in [0.5, 0.6) is 0 Å². The average molecular weight is 174 g/mol. The summed E-state index contributed by atoms with van der Waals surface area (Å²) in [7, 11) is 0. The van der Waals surface area contributed by atoms with Gasteiger partial charge < -0.3 is 17.2 Å². The van der Waals surface area contributed by atoms with Gasteiger partial charge in [-0.15, -0.1) is 0 Å². The molecule has 62 valence electrons. The van der Waals surface area contributed by atoms with E-state index in [-0.39, 0.29) is 17.2 Å². The highest BCUT2D eigenvalue weighted by Crippen LogP contribution is 2.01. The molecule has 0 fully saturated rings. The van der Waals surface area contributed by atoms with Gasteiger partial charge in [-0.1, -0.05) is 12.2 Å². The van der Waals surface area contributed by atoms with E-state index in [0.717, 1.165) is 0 Å². The van der Waals surface area contributed by atoms with Crippen molar-refractivity contribution in [1.29, 1.82) is 5.41 Å². The van der Waals surface area contributed by atoms with Crippen LogP contribution in [0.15, 0.2) is 0 Å². The highest BCUT2D eigenvalue weighted by Gasteiger charge is 2.17. The molecule has 0 aromatic heterocycles. The van der Waals surface area contributed by atoms with E-state index in [1.54, 1.807) is 0 Å². The summed E-state index contributed by atoms with van der Waals surface area (Å²) in [6.07, 6.45) is -0.0926. The van der Waals surface area contributed by atoms with Crippen LogP contribution in [0.25, 0.3) is 0 Å². The Morgan fingerprint density at radius 3 is 2.00 bits per heavy atom. The number of carbonyl (C=O) groups excluding carboxylic acids is 1. The molecular formula is C5H10N4OS. The highest BCUT2D eigenvalue weighted by atomic mass is 32.1. The van der Waals surface area contributed by atoms with Gasteiger partial charge in [0.1, 0.15) is 5.84 Å². The Hall–Kier alpha value is -1.17. The van der Waals surface area contributed by atoms with Gasteiger partial charge in [0, 0.05) is 6.42 Å². The Morgan fingerprint density at radius 1 is 1.45 bits per heavy atom. The molecule has 1 amide bonds. The minimum atomic E-state index is -0.692. The zero-order chi connectivity index (χ0) is 9.02. The summed E-state index contributed by atoms with van der Waals surface area (Å²) in [5, 5.41) is 6.98. The molecule has 0 bridgehead atoms. The van der Waals surface area contributed by atoms with Gasteiger partial charge in [0.2, 0.25) is 5.91 Å². The normalized spacial score (nSPS) is 12.0. The Morgan fingerprint density at radius 2 is 1.91 bits per heavy atom. The molecule has 1 atom stereocenters.